The van der Waals surface area contributed by atoms with Gasteiger partial charge in [0.15, 0.2) is 0 Å². The number of hydrogen-bond donors (Lipinski definition) is 0. The van der Waals surface area contributed by atoms with Crippen LogP contribution in [0.5, 0.6) is 0 Å². The van der Waals surface area contributed by atoms with E-state index in [9.17, 15) is 0 Å². The second-order valence-electron chi connectivity index (χ2n) is 25.1. The first-order valence-electron chi connectivity index (χ1n) is 32.9. The van der Waals surface area contributed by atoms with Crippen molar-refractivity contribution in [3.8, 4) is 0 Å². The third kappa shape index (κ3) is 8.28. The molecule has 0 spiro atoms. The summed E-state index contributed by atoms with van der Waals surface area (Å²) in [4.78, 5) is 15.1. The van der Waals surface area contributed by atoms with Crippen molar-refractivity contribution in [2.45, 2.75) is 0 Å². The highest BCUT2D eigenvalue weighted by atomic mass is 32.1. The summed E-state index contributed by atoms with van der Waals surface area (Å²) in [5.41, 5.74) is 27.5. The standard InChI is InChI=1S/C86H56B2N6OS/c1-9-29-57(30-10-1)89(58-31-11-2-12-32-58)65-49-76-83-77(50-65)92(62-39-19-6-20-40-62)74-56-75-71(54-70(74)87(83)72-55-81-69(67-45-25-27-47-80(67)95-81)53-73(72)91(76)61-37-17-5-18-38-61)88-84-78(93(75)63-41-21-7-22-42-63)51-66(90(59-33-13-3-14-34-59)60-35-15-4-16-36-60)52-79(84)94(64-43-23-8-24-44-64)85-68-46-26-28-48-82(68)96-86(85)88/h1-56H. The number of anilines is 18. The molecule has 0 amide bonds. The summed E-state index contributed by atoms with van der Waals surface area (Å²) in [5.74, 6) is 0. The van der Waals surface area contributed by atoms with E-state index in [1.165, 1.54) is 47.9 Å². The van der Waals surface area contributed by atoms with Crippen LogP contribution in [0.1, 0.15) is 0 Å². The molecule has 0 saturated carbocycles. The Balaban J connectivity index is 0.939. The third-order valence-corrected chi connectivity index (χ3v) is 21.1. The molecule has 0 radical (unpaired) electrons. The first kappa shape index (κ1) is 54.3. The van der Waals surface area contributed by atoms with Crippen molar-refractivity contribution in [1.82, 2.24) is 0 Å². The fraction of sp³-hybridized carbons (Fsp3) is 0. The Morgan fingerprint density at radius 3 is 1.08 bits per heavy atom. The minimum absolute atomic E-state index is 0.195. The molecule has 4 aliphatic rings. The normalized spacial score (nSPS) is 13.1. The van der Waals surface area contributed by atoms with Crippen LogP contribution in [0.2, 0.25) is 0 Å². The largest absolute Gasteiger partial charge is 0.456 e. The summed E-state index contributed by atoms with van der Waals surface area (Å²) >= 11 is 1.93. The topological polar surface area (TPSA) is 32.6 Å². The van der Waals surface area contributed by atoms with Gasteiger partial charge in [-0.1, -0.05) is 188 Å². The van der Waals surface area contributed by atoms with Crippen LogP contribution in [0.15, 0.2) is 344 Å². The van der Waals surface area contributed by atoms with Crippen molar-refractivity contribution in [3.05, 3.63) is 340 Å². The molecule has 0 aliphatic carbocycles. The number of hydrogen-bond acceptors (Lipinski definition) is 8. The molecule has 0 saturated heterocycles. The van der Waals surface area contributed by atoms with E-state index in [-0.39, 0.29) is 13.4 Å². The molecule has 6 heterocycles. The number of nitrogens with zero attached hydrogens (tertiary/aromatic N) is 6. The van der Waals surface area contributed by atoms with Crippen LogP contribution < -0.4 is 61.5 Å². The molecular formula is C86H56B2N6OS. The highest BCUT2D eigenvalue weighted by Crippen LogP contribution is 2.54. The summed E-state index contributed by atoms with van der Waals surface area (Å²) in [5, 5.41) is 3.40. The van der Waals surface area contributed by atoms with Crippen molar-refractivity contribution in [3.63, 3.8) is 0 Å². The minimum atomic E-state index is -0.274. The van der Waals surface area contributed by atoms with Crippen molar-refractivity contribution in [1.29, 1.82) is 0 Å². The Labute approximate surface area is 561 Å². The molecule has 0 bridgehead atoms. The highest BCUT2D eigenvalue weighted by molar-refractivity contribution is 7.33. The fourth-order valence-electron chi connectivity index (χ4n) is 16.0. The first-order chi connectivity index (χ1) is 47.7. The van der Waals surface area contributed by atoms with Gasteiger partial charge in [-0.3, -0.25) is 0 Å². The van der Waals surface area contributed by atoms with Crippen LogP contribution in [-0.4, -0.2) is 13.4 Å². The molecule has 96 heavy (non-hydrogen) atoms. The zero-order valence-corrected chi connectivity index (χ0v) is 52.8. The van der Waals surface area contributed by atoms with Gasteiger partial charge in [-0.25, -0.2) is 0 Å². The van der Waals surface area contributed by atoms with Crippen LogP contribution >= 0.6 is 11.3 Å². The van der Waals surface area contributed by atoms with Gasteiger partial charge >= 0.3 is 0 Å². The Bertz CT molecular complexity index is 5630. The number of thiophene rings is 1. The first-order valence-corrected chi connectivity index (χ1v) is 33.7. The quantitative estimate of drug-likeness (QED) is 0.126. The van der Waals surface area contributed by atoms with Crippen molar-refractivity contribution >= 4 is 191 Å². The monoisotopic (exact) mass is 1240 g/mol. The molecule has 0 N–H and O–H groups in total. The summed E-state index contributed by atoms with van der Waals surface area (Å²) in [7, 11) is 0. The molecule has 10 heteroatoms. The van der Waals surface area contributed by atoms with E-state index in [1.54, 1.807) is 0 Å². The molecule has 0 fully saturated rings. The molecule has 448 valence electrons. The lowest BCUT2D eigenvalue weighted by Crippen LogP contribution is -2.65. The Morgan fingerprint density at radius 2 is 0.615 bits per heavy atom. The lowest BCUT2D eigenvalue weighted by atomic mass is 9.31. The second kappa shape index (κ2) is 21.7. The maximum atomic E-state index is 7.01. The van der Waals surface area contributed by atoms with Crippen LogP contribution in [-0.2, 0) is 0 Å². The van der Waals surface area contributed by atoms with Gasteiger partial charge in [-0.2, -0.15) is 0 Å². The maximum Gasteiger partial charge on any atom is 0.264 e. The summed E-state index contributed by atoms with van der Waals surface area (Å²) in [6.07, 6.45) is 0. The Kier molecular flexibility index (Phi) is 12.3. The maximum absolute atomic E-state index is 7.01. The average molecular weight is 1240 g/mol. The third-order valence-electron chi connectivity index (χ3n) is 19.9. The highest BCUT2D eigenvalue weighted by Gasteiger charge is 2.50. The average Bonchev–Trinajstić information content (AvgIpc) is 0.947. The molecule has 20 rings (SSSR count). The van der Waals surface area contributed by atoms with Crippen molar-refractivity contribution in [2.75, 3.05) is 29.4 Å². The number of furan rings is 1. The van der Waals surface area contributed by atoms with Gasteiger partial charge in [0.05, 0.1) is 17.1 Å². The summed E-state index contributed by atoms with van der Waals surface area (Å²) in [6, 6.07) is 125. The zero-order valence-electron chi connectivity index (χ0n) is 52.0. The minimum Gasteiger partial charge on any atom is -0.456 e. The Morgan fingerprint density at radius 1 is 0.260 bits per heavy atom. The summed E-state index contributed by atoms with van der Waals surface area (Å²) < 4.78 is 9.57. The molecule has 4 aliphatic heterocycles. The number of benzene rings is 14. The van der Waals surface area contributed by atoms with Crippen LogP contribution in [0.25, 0.3) is 32.0 Å². The van der Waals surface area contributed by atoms with Crippen molar-refractivity contribution < 1.29 is 4.42 Å². The van der Waals surface area contributed by atoms with Gasteiger partial charge < -0.3 is 33.8 Å². The molecule has 0 atom stereocenters. The zero-order chi connectivity index (χ0) is 63.0. The SMILES string of the molecule is c1ccc(N(c2ccccc2)c2cc3c4c(c2)N(c2ccccc2)c2cc5c(cc2B4c2cc4c(cc2N3c2ccccc2)N(c2ccccc2)c2cc(N(c3ccccc3)c3ccccc3)cc3c2B4c2sc4ccccc4c2N3c2ccccc2)oc2ccccc25)cc1. The van der Waals surface area contributed by atoms with Crippen LogP contribution in [0, 0.1) is 0 Å². The molecule has 2 aromatic heterocycles. The fourth-order valence-corrected chi connectivity index (χ4v) is 17.3. The predicted molar refractivity (Wildman–Crippen MR) is 407 cm³/mol. The smallest absolute Gasteiger partial charge is 0.264 e. The molecular weight excluding hydrogens is 1190 g/mol. The number of fused-ring (bicyclic) bond motifs is 13. The van der Waals surface area contributed by atoms with Crippen molar-refractivity contribution in [2.24, 2.45) is 0 Å². The number of para-hydroxylation sites is 9. The van der Waals surface area contributed by atoms with Crippen LogP contribution in [0.3, 0.4) is 0 Å². The Hall–Kier alpha value is -12.2. The van der Waals surface area contributed by atoms with Gasteiger partial charge in [0.25, 0.3) is 13.4 Å². The number of rotatable bonds is 10. The van der Waals surface area contributed by atoms with E-state index in [1.807, 2.05) is 11.3 Å². The van der Waals surface area contributed by atoms with Gasteiger partial charge in [0.2, 0.25) is 0 Å². The molecule has 14 aromatic carbocycles. The lowest BCUT2D eigenvalue weighted by Gasteiger charge is -2.47. The second-order valence-corrected chi connectivity index (χ2v) is 26.2. The van der Waals surface area contributed by atoms with E-state index in [4.69, 9.17) is 4.42 Å². The van der Waals surface area contributed by atoms with E-state index in [2.05, 4.69) is 369 Å². The summed E-state index contributed by atoms with van der Waals surface area (Å²) in [6.45, 7) is -0.470. The van der Waals surface area contributed by atoms with Gasteiger partial charge in [0, 0.05) is 111 Å². The molecule has 0 unspecified atom stereocenters. The van der Waals surface area contributed by atoms with E-state index >= 15 is 0 Å². The lowest BCUT2D eigenvalue weighted by molar-refractivity contribution is 0.669. The molecule has 16 aromatic rings. The van der Waals surface area contributed by atoms with Gasteiger partial charge in [-0.05, 0) is 179 Å². The van der Waals surface area contributed by atoms with Gasteiger partial charge in [0.1, 0.15) is 11.2 Å². The van der Waals surface area contributed by atoms with Gasteiger partial charge in [-0.15, -0.1) is 11.3 Å². The van der Waals surface area contributed by atoms with E-state index in [0.29, 0.717) is 0 Å². The predicted octanol–water partition coefficient (Wildman–Crippen LogP) is 19.9. The molecule has 7 nitrogen and oxygen atoms in total. The van der Waals surface area contributed by atoms with E-state index < -0.39 is 0 Å². The van der Waals surface area contributed by atoms with E-state index in [0.717, 1.165) is 119 Å². The van der Waals surface area contributed by atoms with Crippen LogP contribution in [0.4, 0.5) is 102 Å².